The van der Waals surface area contributed by atoms with Gasteiger partial charge in [0, 0.05) is 21.8 Å². The van der Waals surface area contributed by atoms with Gasteiger partial charge in [-0.05, 0) is 12.1 Å². The number of nitrogens with one attached hydrogen (secondary N) is 1. The highest BCUT2D eigenvalue weighted by atomic mass is 16.3. The Balaban J connectivity index is 1.95. The Hall–Kier alpha value is -1.88. The highest BCUT2D eigenvalue weighted by molar-refractivity contribution is 6.07. The van der Waals surface area contributed by atoms with Gasteiger partial charge in [-0.25, -0.2) is 0 Å². The van der Waals surface area contributed by atoms with Crippen molar-refractivity contribution in [2.24, 2.45) is 0 Å². The molecule has 2 aromatic carbocycles. The minimum Gasteiger partial charge on any atom is -0.391 e. The summed E-state index contributed by atoms with van der Waals surface area (Å²) >= 11 is 0. The number of aliphatic hydroxyl groups is 2. The third kappa shape index (κ3) is 2.86. The topological polar surface area (TPSA) is 49.8 Å². The fourth-order valence-corrected chi connectivity index (χ4v) is 3.17. The van der Waals surface area contributed by atoms with Crippen LogP contribution in [0.3, 0.4) is 0 Å². The summed E-state index contributed by atoms with van der Waals surface area (Å²) in [5, 5.41) is 21.8. The Morgan fingerprint density at radius 2 is 1.55 bits per heavy atom. The fraction of sp³-hybridized carbons (Fsp3) is 0.333. The fourth-order valence-electron chi connectivity index (χ4n) is 3.17. The smallest absolute Gasteiger partial charge is 0.121 e. The molecule has 0 aliphatic rings. The Morgan fingerprint density at radius 3 is 2.09 bits per heavy atom. The Morgan fingerprint density at radius 1 is 1.00 bits per heavy atom. The average molecular weight is 299 g/mol. The number of quaternary nitrogens is 1. The lowest BCUT2D eigenvalue weighted by Gasteiger charge is -2.18. The van der Waals surface area contributed by atoms with E-state index < -0.39 is 6.10 Å². The first-order valence-electron chi connectivity index (χ1n) is 7.77. The van der Waals surface area contributed by atoms with Crippen molar-refractivity contribution in [1.82, 2.24) is 4.57 Å². The summed E-state index contributed by atoms with van der Waals surface area (Å²) in [5.41, 5.74) is 2.31. The average Bonchev–Trinajstić information content (AvgIpc) is 2.82. The van der Waals surface area contributed by atoms with Gasteiger partial charge in [0.15, 0.2) is 0 Å². The van der Waals surface area contributed by atoms with Crippen molar-refractivity contribution in [2.75, 3.05) is 26.7 Å². The number of likely N-dealkylation sites (N-methyl/N-ethyl adjacent to an activating group) is 1. The minimum absolute atomic E-state index is 0.147. The molecule has 4 nitrogen and oxygen atoms in total. The molecule has 22 heavy (non-hydrogen) atoms. The third-order valence-corrected chi connectivity index (χ3v) is 4.20. The molecule has 0 bridgehead atoms. The van der Waals surface area contributed by atoms with Gasteiger partial charge in [-0.2, -0.15) is 0 Å². The largest absolute Gasteiger partial charge is 0.391 e. The monoisotopic (exact) mass is 299 g/mol. The number of hydrogen-bond acceptors (Lipinski definition) is 2. The van der Waals surface area contributed by atoms with Gasteiger partial charge in [0.1, 0.15) is 19.2 Å². The van der Waals surface area contributed by atoms with Crippen LogP contribution in [0.4, 0.5) is 0 Å². The predicted octanol–water partition coefficient (Wildman–Crippen LogP) is 0.662. The van der Waals surface area contributed by atoms with Crippen LogP contribution in [-0.4, -0.2) is 47.6 Å². The molecule has 0 fully saturated rings. The van der Waals surface area contributed by atoms with Crippen molar-refractivity contribution in [3.8, 4) is 0 Å². The van der Waals surface area contributed by atoms with Gasteiger partial charge in [-0.3, -0.25) is 0 Å². The maximum atomic E-state index is 10.4. The van der Waals surface area contributed by atoms with Gasteiger partial charge in [-0.1, -0.05) is 36.4 Å². The van der Waals surface area contributed by atoms with Gasteiger partial charge in [0.25, 0.3) is 0 Å². The van der Waals surface area contributed by atoms with Gasteiger partial charge < -0.3 is 19.7 Å². The maximum absolute atomic E-state index is 10.4. The zero-order valence-corrected chi connectivity index (χ0v) is 12.9. The van der Waals surface area contributed by atoms with Crippen LogP contribution in [-0.2, 0) is 6.54 Å². The number of fused-ring (bicyclic) bond motifs is 3. The number of hydrogen-bond donors (Lipinski definition) is 3. The lowest BCUT2D eigenvalue weighted by atomic mass is 10.2. The normalized spacial score (nSPS) is 14.5. The first-order chi connectivity index (χ1) is 10.7. The van der Waals surface area contributed by atoms with E-state index in [1.807, 2.05) is 19.2 Å². The molecule has 4 heteroatoms. The van der Waals surface area contributed by atoms with E-state index in [4.69, 9.17) is 5.11 Å². The van der Waals surface area contributed by atoms with Crippen LogP contribution in [0.25, 0.3) is 21.8 Å². The van der Waals surface area contributed by atoms with Gasteiger partial charge in [0.2, 0.25) is 0 Å². The summed E-state index contributed by atoms with van der Waals surface area (Å²) in [6, 6.07) is 16.6. The number of nitrogens with zero attached hydrogens (tertiary/aromatic N) is 1. The van der Waals surface area contributed by atoms with Gasteiger partial charge in [-0.15, -0.1) is 0 Å². The van der Waals surface area contributed by atoms with Crippen molar-refractivity contribution < 1.29 is 15.1 Å². The number of rotatable bonds is 6. The van der Waals surface area contributed by atoms with E-state index >= 15 is 0 Å². The molecule has 1 heterocycles. The van der Waals surface area contributed by atoms with E-state index in [0.717, 1.165) is 15.9 Å². The van der Waals surface area contributed by atoms with E-state index in [-0.39, 0.29) is 6.61 Å². The van der Waals surface area contributed by atoms with E-state index in [9.17, 15) is 5.11 Å². The second-order valence-electron chi connectivity index (χ2n) is 5.93. The summed E-state index contributed by atoms with van der Waals surface area (Å²) in [4.78, 5) is 1.13. The molecule has 0 aliphatic heterocycles. The van der Waals surface area contributed by atoms with Crippen molar-refractivity contribution in [3.05, 3.63) is 48.5 Å². The van der Waals surface area contributed by atoms with E-state index in [2.05, 4.69) is 41.0 Å². The zero-order chi connectivity index (χ0) is 15.5. The first kappa shape index (κ1) is 15.0. The zero-order valence-electron chi connectivity index (χ0n) is 12.9. The van der Waals surface area contributed by atoms with Crippen molar-refractivity contribution >= 4 is 21.8 Å². The van der Waals surface area contributed by atoms with E-state index in [1.54, 1.807) is 0 Å². The molecule has 0 amide bonds. The number of benzene rings is 2. The molecule has 2 atom stereocenters. The molecule has 0 spiro atoms. The molecule has 3 N–H and O–H groups in total. The number of para-hydroxylation sites is 2. The van der Waals surface area contributed by atoms with Crippen LogP contribution in [0.1, 0.15) is 0 Å². The molecule has 1 unspecified atom stereocenters. The lowest BCUT2D eigenvalue weighted by molar-refractivity contribution is -0.883. The van der Waals surface area contributed by atoms with Gasteiger partial charge >= 0.3 is 0 Å². The van der Waals surface area contributed by atoms with Crippen molar-refractivity contribution in [3.63, 3.8) is 0 Å². The first-order valence-corrected chi connectivity index (χ1v) is 7.77. The summed E-state index contributed by atoms with van der Waals surface area (Å²) < 4.78 is 2.20. The SMILES string of the molecule is C[NH+](CCO)C[C@@H](O)Cn1c2ccccc2c2ccccc21. The van der Waals surface area contributed by atoms with Gasteiger partial charge in [0.05, 0.1) is 20.2 Å². The summed E-state index contributed by atoms with van der Waals surface area (Å²) in [6.45, 7) is 2.00. The molecule has 3 aromatic rings. The second-order valence-corrected chi connectivity index (χ2v) is 5.93. The van der Waals surface area contributed by atoms with Crippen LogP contribution >= 0.6 is 0 Å². The van der Waals surface area contributed by atoms with Crippen molar-refractivity contribution in [1.29, 1.82) is 0 Å². The molecule has 0 saturated carbocycles. The Labute approximate surface area is 130 Å². The number of aromatic nitrogens is 1. The highest BCUT2D eigenvalue weighted by Crippen LogP contribution is 2.28. The number of aliphatic hydroxyl groups excluding tert-OH is 2. The molecular weight excluding hydrogens is 276 g/mol. The van der Waals surface area contributed by atoms with E-state index in [1.165, 1.54) is 10.8 Å². The molecule has 116 valence electrons. The Kier molecular flexibility index (Phi) is 4.43. The quantitative estimate of drug-likeness (QED) is 0.626. The van der Waals surface area contributed by atoms with E-state index in [0.29, 0.717) is 19.6 Å². The van der Waals surface area contributed by atoms with Crippen LogP contribution in [0.2, 0.25) is 0 Å². The molecule has 3 rings (SSSR count). The van der Waals surface area contributed by atoms with Crippen LogP contribution < -0.4 is 4.90 Å². The lowest BCUT2D eigenvalue weighted by Crippen LogP contribution is -3.10. The Bertz CT molecular complexity index is 713. The van der Waals surface area contributed by atoms with Crippen LogP contribution in [0.5, 0.6) is 0 Å². The highest BCUT2D eigenvalue weighted by Gasteiger charge is 2.16. The molecule has 0 aliphatic carbocycles. The molecular formula is C18H23N2O2+. The molecule has 0 saturated heterocycles. The summed E-state index contributed by atoms with van der Waals surface area (Å²) in [6.07, 6.45) is -0.439. The van der Waals surface area contributed by atoms with Crippen LogP contribution in [0, 0.1) is 0 Å². The molecule has 0 radical (unpaired) electrons. The molecule has 1 aromatic heterocycles. The van der Waals surface area contributed by atoms with Crippen LogP contribution in [0.15, 0.2) is 48.5 Å². The maximum Gasteiger partial charge on any atom is 0.121 e. The van der Waals surface area contributed by atoms with Crippen molar-refractivity contribution in [2.45, 2.75) is 12.6 Å². The second kappa shape index (κ2) is 6.48. The predicted molar refractivity (Wildman–Crippen MR) is 89.2 cm³/mol. The minimum atomic E-state index is -0.439. The summed E-state index contributed by atoms with van der Waals surface area (Å²) in [5.74, 6) is 0. The third-order valence-electron chi connectivity index (χ3n) is 4.20. The standard InChI is InChI=1S/C18H22N2O2/c1-19(10-11-21)12-14(22)13-20-17-8-4-2-6-15(17)16-7-3-5-9-18(16)20/h2-9,14,21-22H,10-13H2,1H3/p+1/t14-/m1/s1. The summed E-state index contributed by atoms with van der Waals surface area (Å²) in [7, 11) is 1.99.